The predicted molar refractivity (Wildman–Crippen MR) is 66.6 cm³/mol. The largest absolute Gasteiger partial charge is 0.279 e. The van der Waals surface area contributed by atoms with Crippen LogP contribution in [0.4, 0.5) is 0 Å². The average Bonchev–Trinajstić information content (AvgIpc) is 2.27. The van der Waals surface area contributed by atoms with Crippen molar-refractivity contribution < 1.29 is 8.42 Å². The minimum Gasteiger partial charge on any atom is -0.197 e. The first kappa shape index (κ1) is 14.0. The summed E-state index contributed by atoms with van der Waals surface area (Å²) in [4.78, 5) is 0. The zero-order valence-corrected chi connectivity index (χ0v) is 11.1. The predicted octanol–water partition coefficient (Wildman–Crippen LogP) is 1.84. The lowest BCUT2D eigenvalue weighted by Gasteiger charge is -2.30. The molecule has 1 aliphatic rings. The molecule has 1 rings (SSSR count). The first-order valence-corrected chi connectivity index (χ1v) is 7.31. The lowest BCUT2D eigenvalue weighted by atomic mass is 9.96. The van der Waals surface area contributed by atoms with Crippen LogP contribution in [0.3, 0.4) is 0 Å². The first-order chi connectivity index (χ1) is 7.43. The zero-order valence-electron chi connectivity index (χ0n) is 9.58. The maximum atomic E-state index is 11.8. The van der Waals surface area contributed by atoms with Crippen molar-refractivity contribution in [2.45, 2.75) is 38.1 Å². The Morgan fingerprint density at radius 1 is 1.44 bits per heavy atom. The van der Waals surface area contributed by atoms with Crippen LogP contribution in [0.5, 0.6) is 0 Å². The molecular weight excluding hydrogens is 248 g/mol. The van der Waals surface area contributed by atoms with Crippen LogP contribution in [-0.4, -0.2) is 32.4 Å². The molecular formula is C10H19ClN2O2S. The normalized spacial score (nSPS) is 18.9. The minimum absolute atomic E-state index is 0.0843. The molecule has 0 aliphatic heterocycles. The molecule has 0 spiro atoms. The van der Waals surface area contributed by atoms with Crippen LogP contribution in [0, 0.1) is 0 Å². The molecule has 1 N–H and O–H groups in total. The summed E-state index contributed by atoms with van der Waals surface area (Å²) >= 11 is 5.53. The quantitative estimate of drug-likeness (QED) is 0.826. The Morgan fingerprint density at radius 3 is 2.50 bits per heavy atom. The van der Waals surface area contributed by atoms with Crippen LogP contribution >= 0.6 is 11.6 Å². The van der Waals surface area contributed by atoms with Gasteiger partial charge in [-0.2, -0.15) is 17.4 Å². The molecule has 6 heteroatoms. The van der Waals surface area contributed by atoms with Gasteiger partial charge in [0.05, 0.1) is 0 Å². The molecule has 0 radical (unpaired) electrons. The second kappa shape index (κ2) is 6.00. The highest BCUT2D eigenvalue weighted by Gasteiger charge is 2.26. The molecule has 0 amide bonds. The number of rotatable bonds is 5. The third-order valence-corrected chi connectivity index (χ3v) is 4.61. The molecule has 0 heterocycles. The zero-order chi connectivity index (χ0) is 12.2. The number of halogens is 1. The maximum Gasteiger partial charge on any atom is 0.279 e. The Bertz CT molecular complexity index is 337. The van der Waals surface area contributed by atoms with Gasteiger partial charge in [0, 0.05) is 24.7 Å². The molecule has 4 nitrogen and oxygen atoms in total. The van der Waals surface area contributed by atoms with Crippen LogP contribution in [0.2, 0.25) is 0 Å². The molecule has 94 valence electrons. The third-order valence-electron chi connectivity index (χ3n) is 2.91. The molecule has 1 saturated carbocycles. The van der Waals surface area contributed by atoms with E-state index in [4.69, 9.17) is 11.6 Å². The van der Waals surface area contributed by atoms with E-state index in [2.05, 4.69) is 11.3 Å². The van der Waals surface area contributed by atoms with Gasteiger partial charge in [0.2, 0.25) is 0 Å². The van der Waals surface area contributed by atoms with Crippen LogP contribution in [0.25, 0.3) is 0 Å². The fourth-order valence-corrected chi connectivity index (χ4v) is 3.22. The summed E-state index contributed by atoms with van der Waals surface area (Å²) in [5.41, 5.74) is 0. The average molecular weight is 267 g/mol. The van der Waals surface area contributed by atoms with E-state index >= 15 is 0 Å². The van der Waals surface area contributed by atoms with Crippen LogP contribution in [0.15, 0.2) is 11.6 Å². The Kier molecular flexibility index (Phi) is 5.24. The van der Waals surface area contributed by atoms with Gasteiger partial charge in [-0.15, -0.1) is 0 Å². The lowest BCUT2D eigenvalue weighted by Crippen LogP contribution is -2.45. The van der Waals surface area contributed by atoms with Crippen molar-refractivity contribution in [2.24, 2.45) is 0 Å². The molecule has 1 fully saturated rings. The summed E-state index contributed by atoms with van der Waals surface area (Å²) in [6, 6.07) is 0.120. The summed E-state index contributed by atoms with van der Waals surface area (Å²) in [6.45, 7) is 3.53. The summed E-state index contributed by atoms with van der Waals surface area (Å²) in [7, 11) is -1.80. The standard InChI is InChI=1S/C10H19ClN2O2S/c1-9(11)8-12-16(14,15)13(2)10-6-4-3-5-7-10/h10,12H,1,3-8H2,2H3. The van der Waals surface area contributed by atoms with Crippen molar-refractivity contribution in [2.75, 3.05) is 13.6 Å². The number of nitrogens with one attached hydrogen (secondary N) is 1. The van der Waals surface area contributed by atoms with Gasteiger partial charge < -0.3 is 0 Å². The third kappa shape index (κ3) is 4.05. The maximum absolute atomic E-state index is 11.8. The van der Waals surface area contributed by atoms with Gasteiger partial charge in [-0.05, 0) is 12.8 Å². The Balaban J connectivity index is 2.56. The van der Waals surface area contributed by atoms with Crippen molar-refractivity contribution in [1.82, 2.24) is 9.03 Å². The smallest absolute Gasteiger partial charge is 0.197 e. The molecule has 0 aromatic carbocycles. The molecule has 0 unspecified atom stereocenters. The van der Waals surface area contributed by atoms with E-state index in [0.29, 0.717) is 5.03 Å². The van der Waals surface area contributed by atoms with E-state index in [-0.39, 0.29) is 12.6 Å². The molecule has 0 aromatic heterocycles. The van der Waals surface area contributed by atoms with E-state index in [1.54, 1.807) is 7.05 Å². The Morgan fingerprint density at radius 2 is 2.00 bits per heavy atom. The lowest BCUT2D eigenvalue weighted by molar-refractivity contribution is 0.283. The summed E-state index contributed by atoms with van der Waals surface area (Å²) < 4.78 is 27.5. The van der Waals surface area contributed by atoms with E-state index < -0.39 is 10.2 Å². The topological polar surface area (TPSA) is 49.4 Å². The highest BCUT2D eigenvalue weighted by Crippen LogP contribution is 2.22. The molecule has 0 bridgehead atoms. The molecule has 0 saturated heterocycles. The van der Waals surface area contributed by atoms with Crippen molar-refractivity contribution in [3.63, 3.8) is 0 Å². The Hall–Kier alpha value is -0.100. The van der Waals surface area contributed by atoms with Gasteiger partial charge in [-0.25, -0.2) is 0 Å². The van der Waals surface area contributed by atoms with E-state index in [9.17, 15) is 8.42 Å². The summed E-state index contributed by atoms with van der Waals surface area (Å²) in [5.74, 6) is 0. The highest BCUT2D eigenvalue weighted by atomic mass is 35.5. The second-order valence-electron chi connectivity index (χ2n) is 4.15. The SMILES string of the molecule is C=C(Cl)CNS(=O)(=O)N(C)C1CCCCC1. The fraction of sp³-hybridized carbons (Fsp3) is 0.800. The van der Waals surface area contributed by atoms with Crippen molar-refractivity contribution >= 4 is 21.8 Å². The van der Waals surface area contributed by atoms with Gasteiger partial charge in [0.1, 0.15) is 0 Å². The summed E-state index contributed by atoms with van der Waals surface area (Å²) in [5, 5.41) is 0.292. The number of nitrogens with zero attached hydrogens (tertiary/aromatic N) is 1. The van der Waals surface area contributed by atoms with Crippen LogP contribution in [0.1, 0.15) is 32.1 Å². The molecule has 0 aromatic rings. The van der Waals surface area contributed by atoms with E-state index in [0.717, 1.165) is 25.7 Å². The number of hydrogen-bond acceptors (Lipinski definition) is 2. The monoisotopic (exact) mass is 266 g/mol. The van der Waals surface area contributed by atoms with Crippen molar-refractivity contribution in [1.29, 1.82) is 0 Å². The van der Waals surface area contributed by atoms with Crippen molar-refractivity contribution in [3.05, 3.63) is 11.6 Å². The summed E-state index contributed by atoms with van der Waals surface area (Å²) in [6.07, 6.45) is 5.30. The molecule has 16 heavy (non-hydrogen) atoms. The first-order valence-electron chi connectivity index (χ1n) is 5.49. The van der Waals surface area contributed by atoms with Gasteiger partial charge in [0.25, 0.3) is 10.2 Å². The van der Waals surface area contributed by atoms with Gasteiger partial charge in [-0.1, -0.05) is 37.4 Å². The van der Waals surface area contributed by atoms with Crippen LogP contribution in [-0.2, 0) is 10.2 Å². The van der Waals surface area contributed by atoms with Crippen molar-refractivity contribution in [3.8, 4) is 0 Å². The van der Waals surface area contributed by atoms with Crippen LogP contribution < -0.4 is 4.72 Å². The van der Waals surface area contributed by atoms with Gasteiger partial charge >= 0.3 is 0 Å². The fourth-order valence-electron chi connectivity index (χ4n) is 1.91. The minimum atomic E-state index is -3.42. The van der Waals surface area contributed by atoms with E-state index in [1.807, 2.05) is 0 Å². The molecule has 0 atom stereocenters. The second-order valence-corrected chi connectivity index (χ2v) is 6.50. The Labute approximate surface area is 103 Å². The van der Waals surface area contributed by atoms with Gasteiger partial charge in [-0.3, -0.25) is 0 Å². The highest BCUT2D eigenvalue weighted by molar-refractivity contribution is 7.87. The molecule has 1 aliphatic carbocycles. The number of hydrogen-bond donors (Lipinski definition) is 1. The van der Waals surface area contributed by atoms with E-state index in [1.165, 1.54) is 10.7 Å². The van der Waals surface area contributed by atoms with Gasteiger partial charge in [0.15, 0.2) is 0 Å².